The lowest BCUT2D eigenvalue weighted by molar-refractivity contribution is -0.116. The number of rotatable bonds is 7. The normalized spacial score (nSPS) is 11.6. The molecule has 9 nitrogen and oxygen atoms in total. The van der Waals surface area contributed by atoms with Crippen LogP contribution in [0.3, 0.4) is 0 Å². The Hall–Kier alpha value is -1.24. The Kier molecular flexibility index (Phi) is 5.86. The second-order valence-electron chi connectivity index (χ2n) is 3.70. The SMILES string of the molecule is CN(CC(=O)Nc1nnc(SCC(N)=O)s1)S(C)(=O)=O. The van der Waals surface area contributed by atoms with Crippen molar-refractivity contribution in [2.45, 2.75) is 4.34 Å². The summed E-state index contributed by atoms with van der Waals surface area (Å²) in [6, 6.07) is 0. The first kappa shape index (κ1) is 16.8. The molecule has 0 atom stereocenters. The summed E-state index contributed by atoms with van der Waals surface area (Å²) in [6.45, 7) is -0.317. The summed E-state index contributed by atoms with van der Waals surface area (Å²) in [6.07, 6.45) is 1.00. The number of primary amides is 1. The van der Waals surface area contributed by atoms with Crippen LogP contribution in [0.4, 0.5) is 5.13 Å². The van der Waals surface area contributed by atoms with E-state index in [0.29, 0.717) is 4.34 Å². The van der Waals surface area contributed by atoms with Gasteiger partial charge in [0.05, 0.1) is 18.6 Å². The average molecular weight is 339 g/mol. The summed E-state index contributed by atoms with van der Waals surface area (Å²) in [7, 11) is -2.12. The molecule has 112 valence electrons. The zero-order valence-corrected chi connectivity index (χ0v) is 13.1. The molecule has 0 radical (unpaired) electrons. The molecule has 0 aliphatic heterocycles. The Morgan fingerprint density at radius 3 is 2.65 bits per heavy atom. The van der Waals surface area contributed by atoms with Crippen LogP contribution >= 0.6 is 23.1 Å². The van der Waals surface area contributed by atoms with Crippen molar-refractivity contribution in [1.29, 1.82) is 0 Å². The van der Waals surface area contributed by atoms with Gasteiger partial charge < -0.3 is 5.73 Å². The van der Waals surface area contributed by atoms with Gasteiger partial charge in [-0.15, -0.1) is 10.2 Å². The third-order valence-corrected chi connectivity index (χ3v) is 5.18. The van der Waals surface area contributed by atoms with Crippen LogP contribution in [0.15, 0.2) is 4.34 Å². The van der Waals surface area contributed by atoms with Crippen LogP contribution in [0.1, 0.15) is 0 Å². The molecule has 0 unspecified atom stereocenters. The van der Waals surface area contributed by atoms with Crippen LogP contribution < -0.4 is 11.1 Å². The summed E-state index contributed by atoms with van der Waals surface area (Å²) in [4.78, 5) is 22.2. The van der Waals surface area contributed by atoms with Gasteiger partial charge in [-0.05, 0) is 0 Å². The summed E-state index contributed by atoms with van der Waals surface area (Å²) < 4.78 is 23.7. The Labute approximate surface area is 124 Å². The smallest absolute Gasteiger partial charge is 0.241 e. The van der Waals surface area contributed by atoms with Crippen LogP contribution in [-0.4, -0.2) is 60.3 Å². The number of carbonyl (C=O) groups excluding carboxylic acids is 2. The van der Waals surface area contributed by atoms with Gasteiger partial charge in [-0.1, -0.05) is 23.1 Å². The summed E-state index contributed by atoms with van der Waals surface area (Å²) in [5, 5.41) is 10.1. The first-order valence-corrected chi connectivity index (χ1v) is 8.79. The van der Waals surface area contributed by atoms with Crippen LogP contribution in [0.2, 0.25) is 0 Å². The lowest BCUT2D eigenvalue weighted by Crippen LogP contribution is -2.34. The molecule has 0 aromatic carbocycles. The molecule has 0 spiro atoms. The van der Waals surface area contributed by atoms with E-state index >= 15 is 0 Å². The van der Waals surface area contributed by atoms with Crippen molar-refractivity contribution in [2.75, 3.05) is 30.9 Å². The minimum atomic E-state index is -3.42. The van der Waals surface area contributed by atoms with E-state index in [0.717, 1.165) is 33.7 Å². The molecule has 1 aromatic heterocycles. The van der Waals surface area contributed by atoms with Crippen molar-refractivity contribution >= 4 is 50.1 Å². The standard InChI is InChI=1S/C8H13N5O4S3/c1-13(20(2,16)17)3-6(15)10-7-11-12-8(19-7)18-4-5(9)14/h3-4H2,1-2H3,(H2,9,14)(H,10,11,15). The van der Waals surface area contributed by atoms with E-state index in [1.807, 2.05) is 0 Å². The first-order chi connectivity index (χ1) is 9.18. The first-order valence-electron chi connectivity index (χ1n) is 5.14. The highest BCUT2D eigenvalue weighted by molar-refractivity contribution is 8.01. The molecule has 3 N–H and O–H groups in total. The van der Waals surface area contributed by atoms with Crippen LogP contribution in [-0.2, 0) is 19.6 Å². The molecule has 0 saturated heterocycles. The van der Waals surface area contributed by atoms with Crippen molar-refractivity contribution in [3.63, 3.8) is 0 Å². The fourth-order valence-corrected chi connectivity index (χ4v) is 2.79. The molecule has 0 bridgehead atoms. The highest BCUT2D eigenvalue weighted by atomic mass is 32.2. The maximum atomic E-state index is 11.6. The molecule has 20 heavy (non-hydrogen) atoms. The van der Waals surface area contributed by atoms with Crippen molar-refractivity contribution in [3.8, 4) is 0 Å². The van der Waals surface area contributed by atoms with Gasteiger partial charge >= 0.3 is 0 Å². The number of nitrogens with zero attached hydrogens (tertiary/aromatic N) is 3. The summed E-state index contributed by atoms with van der Waals surface area (Å²) in [5.74, 6) is -0.939. The maximum Gasteiger partial charge on any atom is 0.241 e. The number of hydrogen-bond donors (Lipinski definition) is 2. The molecule has 0 aliphatic carbocycles. The number of amides is 2. The van der Waals surface area contributed by atoms with Gasteiger partial charge in [0, 0.05) is 7.05 Å². The number of nitrogens with two attached hydrogens (primary N) is 1. The molecule has 12 heteroatoms. The van der Waals surface area contributed by atoms with E-state index in [9.17, 15) is 18.0 Å². The number of hydrogen-bond acceptors (Lipinski definition) is 8. The summed E-state index contributed by atoms with van der Waals surface area (Å²) in [5.41, 5.74) is 4.99. The Morgan fingerprint density at radius 1 is 1.45 bits per heavy atom. The Balaban J connectivity index is 2.52. The van der Waals surface area contributed by atoms with Gasteiger partial charge in [0.15, 0.2) is 4.34 Å². The largest absolute Gasteiger partial charge is 0.369 e. The zero-order valence-electron chi connectivity index (χ0n) is 10.7. The monoisotopic (exact) mass is 339 g/mol. The van der Waals surface area contributed by atoms with Gasteiger partial charge in [0.1, 0.15) is 0 Å². The fraction of sp³-hybridized carbons (Fsp3) is 0.500. The number of aromatic nitrogens is 2. The Bertz CT molecular complexity index is 599. The Morgan fingerprint density at radius 2 is 2.10 bits per heavy atom. The lowest BCUT2D eigenvalue weighted by Gasteiger charge is -2.12. The van der Waals surface area contributed by atoms with Gasteiger partial charge in [-0.3, -0.25) is 14.9 Å². The van der Waals surface area contributed by atoms with Crippen LogP contribution in [0.25, 0.3) is 0 Å². The minimum Gasteiger partial charge on any atom is -0.369 e. The second kappa shape index (κ2) is 6.97. The number of sulfonamides is 1. The zero-order chi connectivity index (χ0) is 15.3. The van der Waals surface area contributed by atoms with E-state index in [-0.39, 0.29) is 17.4 Å². The van der Waals surface area contributed by atoms with Gasteiger partial charge in [-0.25, -0.2) is 8.42 Å². The van der Waals surface area contributed by atoms with Gasteiger partial charge in [0.25, 0.3) is 0 Å². The predicted molar refractivity (Wildman–Crippen MR) is 75.9 cm³/mol. The number of thioether (sulfide) groups is 1. The number of carbonyl (C=O) groups is 2. The molecule has 0 aliphatic rings. The van der Waals surface area contributed by atoms with Crippen molar-refractivity contribution in [1.82, 2.24) is 14.5 Å². The summed E-state index contributed by atoms with van der Waals surface area (Å²) >= 11 is 2.18. The average Bonchev–Trinajstić information content (AvgIpc) is 2.72. The van der Waals surface area contributed by atoms with Crippen LogP contribution in [0, 0.1) is 0 Å². The van der Waals surface area contributed by atoms with E-state index in [2.05, 4.69) is 15.5 Å². The molecular weight excluding hydrogens is 326 g/mol. The molecule has 0 saturated carbocycles. The van der Waals surface area contributed by atoms with Gasteiger partial charge in [-0.2, -0.15) is 4.31 Å². The molecular formula is C8H13N5O4S3. The predicted octanol–water partition coefficient (Wildman–Crippen LogP) is -1.05. The number of nitrogens with one attached hydrogen (secondary N) is 1. The molecule has 1 heterocycles. The van der Waals surface area contributed by atoms with E-state index in [4.69, 9.17) is 5.73 Å². The molecule has 0 fully saturated rings. The number of likely N-dealkylation sites (N-methyl/N-ethyl adjacent to an activating group) is 1. The quantitative estimate of drug-likeness (QED) is 0.477. The fourth-order valence-electron chi connectivity index (χ4n) is 0.930. The van der Waals surface area contributed by atoms with E-state index < -0.39 is 21.8 Å². The van der Waals surface area contributed by atoms with E-state index in [1.54, 1.807) is 0 Å². The molecule has 1 aromatic rings. The molecule has 1 rings (SSSR count). The lowest BCUT2D eigenvalue weighted by atomic mass is 10.6. The highest BCUT2D eigenvalue weighted by Gasteiger charge is 2.16. The third-order valence-electron chi connectivity index (χ3n) is 1.92. The van der Waals surface area contributed by atoms with E-state index in [1.165, 1.54) is 7.05 Å². The number of anilines is 1. The van der Waals surface area contributed by atoms with Crippen molar-refractivity contribution < 1.29 is 18.0 Å². The van der Waals surface area contributed by atoms with Crippen molar-refractivity contribution in [3.05, 3.63) is 0 Å². The van der Waals surface area contributed by atoms with Crippen LogP contribution in [0.5, 0.6) is 0 Å². The maximum absolute atomic E-state index is 11.6. The minimum absolute atomic E-state index is 0.0688. The highest BCUT2D eigenvalue weighted by Crippen LogP contribution is 2.24. The van der Waals surface area contributed by atoms with Crippen molar-refractivity contribution in [2.24, 2.45) is 5.73 Å². The van der Waals surface area contributed by atoms with Gasteiger partial charge in [0.2, 0.25) is 27.0 Å². The second-order valence-corrected chi connectivity index (χ2v) is 7.98. The topological polar surface area (TPSA) is 135 Å². The molecule has 2 amide bonds. The third kappa shape index (κ3) is 5.81.